The van der Waals surface area contributed by atoms with E-state index in [0.29, 0.717) is 0 Å². The molecule has 0 saturated carbocycles. The Bertz CT molecular complexity index is 622. The SMILES string of the molecule is Cc1ccc(F)cc1NC1CCc2c(F)cccc21. The van der Waals surface area contributed by atoms with Crippen LogP contribution in [0.25, 0.3) is 0 Å². The van der Waals surface area contributed by atoms with Crippen molar-refractivity contribution in [1.29, 1.82) is 0 Å². The molecule has 0 heterocycles. The van der Waals surface area contributed by atoms with Crippen molar-refractivity contribution in [2.75, 3.05) is 5.32 Å². The Labute approximate surface area is 111 Å². The first kappa shape index (κ1) is 12.2. The second-order valence-corrected chi connectivity index (χ2v) is 5.00. The summed E-state index contributed by atoms with van der Waals surface area (Å²) in [5.74, 6) is -0.400. The maximum Gasteiger partial charge on any atom is 0.126 e. The molecule has 1 nitrogen and oxygen atoms in total. The van der Waals surface area contributed by atoms with E-state index in [1.807, 2.05) is 13.0 Å². The molecular weight excluding hydrogens is 244 g/mol. The Kier molecular flexibility index (Phi) is 2.97. The molecule has 1 aliphatic carbocycles. The standard InChI is InChI=1S/C16H15F2N/c1-10-5-6-11(17)9-16(10)19-15-8-7-12-13(15)3-2-4-14(12)18/h2-6,9,15,19H,7-8H2,1H3. The molecule has 0 aromatic heterocycles. The van der Waals surface area contributed by atoms with E-state index < -0.39 is 0 Å². The third kappa shape index (κ3) is 2.21. The summed E-state index contributed by atoms with van der Waals surface area (Å²) in [5, 5.41) is 3.33. The van der Waals surface area contributed by atoms with Crippen LogP contribution in [0.2, 0.25) is 0 Å². The summed E-state index contributed by atoms with van der Waals surface area (Å²) >= 11 is 0. The summed E-state index contributed by atoms with van der Waals surface area (Å²) in [6.45, 7) is 1.93. The lowest BCUT2D eigenvalue weighted by molar-refractivity contribution is 0.612. The van der Waals surface area contributed by atoms with E-state index in [1.54, 1.807) is 12.1 Å². The normalized spacial score (nSPS) is 17.3. The number of aryl methyl sites for hydroxylation is 1. The molecule has 1 unspecified atom stereocenters. The largest absolute Gasteiger partial charge is 0.378 e. The molecule has 3 heteroatoms. The molecule has 2 aromatic rings. The monoisotopic (exact) mass is 259 g/mol. The van der Waals surface area contributed by atoms with Crippen LogP contribution in [0.5, 0.6) is 0 Å². The van der Waals surface area contributed by atoms with Gasteiger partial charge in [0.05, 0.1) is 6.04 Å². The average molecular weight is 259 g/mol. The maximum atomic E-state index is 13.7. The van der Waals surface area contributed by atoms with Crippen LogP contribution in [0.15, 0.2) is 36.4 Å². The van der Waals surface area contributed by atoms with Crippen molar-refractivity contribution in [2.24, 2.45) is 0 Å². The molecule has 0 bridgehead atoms. The van der Waals surface area contributed by atoms with E-state index in [1.165, 1.54) is 18.2 Å². The smallest absolute Gasteiger partial charge is 0.126 e. The van der Waals surface area contributed by atoms with Gasteiger partial charge < -0.3 is 5.32 Å². The summed E-state index contributed by atoms with van der Waals surface area (Å²) in [7, 11) is 0. The van der Waals surface area contributed by atoms with Gasteiger partial charge in [0.2, 0.25) is 0 Å². The highest BCUT2D eigenvalue weighted by molar-refractivity contribution is 5.53. The lowest BCUT2D eigenvalue weighted by atomic mass is 10.1. The van der Waals surface area contributed by atoms with Gasteiger partial charge in [0, 0.05) is 5.69 Å². The Morgan fingerprint density at radius 2 is 2.00 bits per heavy atom. The first-order valence-corrected chi connectivity index (χ1v) is 6.45. The summed E-state index contributed by atoms with van der Waals surface area (Å²) in [6.07, 6.45) is 1.57. The molecule has 19 heavy (non-hydrogen) atoms. The van der Waals surface area contributed by atoms with E-state index >= 15 is 0 Å². The van der Waals surface area contributed by atoms with E-state index in [2.05, 4.69) is 5.32 Å². The minimum absolute atomic E-state index is 0.0613. The van der Waals surface area contributed by atoms with Gasteiger partial charge in [-0.2, -0.15) is 0 Å². The predicted octanol–water partition coefficient (Wildman–Crippen LogP) is 4.37. The molecule has 0 fully saturated rings. The molecular formula is C16H15F2N. The number of nitrogens with one attached hydrogen (secondary N) is 1. The molecule has 0 spiro atoms. The van der Waals surface area contributed by atoms with E-state index in [4.69, 9.17) is 0 Å². The van der Waals surface area contributed by atoms with Crippen LogP contribution < -0.4 is 5.32 Å². The van der Waals surface area contributed by atoms with Crippen LogP contribution in [0.3, 0.4) is 0 Å². The minimum Gasteiger partial charge on any atom is -0.378 e. The zero-order valence-electron chi connectivity index (χ0n) is 10.7. The highest BCUT2D eigenvalue weighted by atomic mass is 19.1. The Balaban J connectivity index is 1.91. The lowest BCUT2D eigenvalue weighted by Gasteiger charge is -2.17. The number of halogens is 2. The summed E-state index contributed by atoms with van der Waals surface area (Å²) in [4.78, 5) is 0. The number of rotatable bonds is 2. The van der Waals surface area contributed by atoms with Crippen LogP contribution in [0.1, 0.15) is 29.2 Å². The average Bonchev–Trinajstić information content (AvgIpc) is 2.79. The maximum absolute atomic E-state index is 13.7. The van der Waals surface area contributed by atoms with Gasteiger partial charge in [0.15, 0.2) is 0 Å². The Hall–Kier alpha value is -1.90. The first-order valence-electron chi connectivity index (χ1n) is 6.45. The van der Waals surface area contributed by atoms with Crippen LogP contribution in [-0.2, 0) is 6.42 Å². The predicted molar refractivity (Wildman–Crippen MR) is 72.2 cm³/mol. The number of anilines is 1. The van der Waals surface area contributed by atoms with Crippen molar-refractivity contribution in [1.82, 2.24) is 0 Å². The zero-order chi connectivity index (χ0) is 13.4. The van der Waals surface area contributed by atoms with Crippen molar-refractivity contribution in [3.8, 4) is 0 Å². The molecule has 3 rings (SSSR count). The zero-order valence-corrected chi connectivity index (χ0v) is 10.7. The molecule has 1 atom stereocenters. The number of benzene rings is 2. The summed E-state index contributed by atoms with van der Waals surface area (Å²) in [5.41, 5.74) is 3.55. The number of hydrogen-bond acceptors (Lipinski definition) is 1. The summed E-state index contributed by atoms with van der Waals surface area (Å²) < 4.78 is 26.9. The molecule has 0 radical (unpaired) electrons. The van der Waals surface area contributed by atoms with Crippen molar-refractivity contribution >= 4 is 5.69 Å². The quantitative estimate of drug-likeness (QED) is 0.844. The fourth-order valence-corrected chi connectivity index (χ4v) is 2.70. The third-order valence-electron chi connectivity index (χ3n) is 3.74. The number of hydrogen-bond donors (Lipinski definition) is 1. The van der Waals surface area contributed by atoms with Crippen LogP contribution in [0.4, 0.5) is 14.5 Å². The highest BCUT2D eigenvalue weighted by Gasteiger charge is 2.24. The van der Waals surface area contributed by atoms with Crippen LogP contribution in [-0.4, -0.2) is 0 Å². The van der Waals surface area contributed by atoms with Gasteiger partial charge in [-0.15, -0.1) is 0 Å². The summed E-state index contributed by atoms with van der Waals surface area (Å²) in [6, 6.07) is 9.92. The van der Waals surface area contributed by atoms with Gasteiger partial charge >= 0.3 is 0 Å². The van der Waals surface area contributed by atoms with E-state index in [9.17, 15) is 8.78 Å². The van der Waals surface area contributed by atoms with Crippen molar-refractivity contribution in [3.05, 3.63) is 64.7 Å². The van der Waals surface area contributed by atoms with Gasteiger partial charge in [-0.1, -0.05) is 18.2 Å². The van der Waals surface area contributed by atoms with E-state index in [0.717, 1.165) is 35.2 Å². The van der Waals surface area contributed by atoms with Gasteiger partial charge in [0.25, 0.3) is 0 Å². The molecule has 0 saturated heterocycles. The highest BCUT2D eigenvalue weighted by Crippen LogP contribution is 2.35. The molecule has 98 valence electrons. The Morgan fingerprint density at radius 3 is 2.84 bits per heavy atom. The first-order chi connectivity index (χ1) is 9.15. The Morgan fingerprint density at radius 1 is 1.16 bits per heavy atom. The van der Waals surface area contributed by atoms with Crippen molar-refractivity contribution in [3.63, 3.8) is 0 Å². The van der Waals surface area contributed by atoms with Crippen LogP contribution in [0, 0.1) is 18.6 Å². The third-order valence-corrected chi connectivity index (χ3v) is 3.74. The van der Waals surface area contributed by atoms with Gasteiger partial charge in [-0.25, -0.2) is 8.78 Å². The van der Waals surface area contributed by atoms with E-state index in [-0.39, 0.29) is 17.7 Å². The fraction of sp³-hybridized carbons (Fsp3) is 0.250. The molecule has 1 N–H and O–H groups in total. The number of fused-ring (bicyclic) bond motifs is 1. The fourth-order valence-electron chi connectivity index (χ4n) is 2.70. The second-order valence-electron chi connectivity index (χ2n) is 5.00. The van der Waals surface area contributed by atoms with Gasteiger partial charge in [0.1, 0.15) is 11.6 Å². The van der Waals surface area contributed by atoms with Crippen LogP contribution >= 0.6 is 0 Å². The van der Waals surface area contributed by atoms with Crippen molar-refractivity contribution < 1.29 is 8.78 Å². The van der Waals surface area contributed by atoms with Gasteiger partial charge in [-0.3, -0.25) is 0 Å². The second kappa shape index (κ2) is 4.65. The lowest BCUT2D eigenvalue weighted by Crippen LogP contribution is -2.08. The minimum atomic E-state index is -0.259. The topological polar surface area (TPSA) is 12.0 Å². The molecule has 1 aliphatic rings. The molecule has 0 amide bonds. The molecule has 0 aliphatic heterocycles. The molecule has 2 aromatic carbocycles. The van der Waals surface area contributed by atoms with Gasteiger partial charge in [-0.05, 0) is 54.7 Å². The van der Waals surface area contributed by atoms with Crippen molar-refractivity contribution in [2.45, 2.75) is 25.8 Å².